The van der Waals surface area contributed by atoms with E-state index < -0.39 is 0 Å². The SMILES string of the molecule is C=C/C=C(C=C)/C=C1\CN(C(=O)CCSc2ccccc2)C/C(=C\c2ccccc2)C1=O. The van der Waals surface area contributed by atoms with E-state index >= 15 is 0 Å². The van der Waals surface area contributed by atoms with Crippen molar-refractivity contribution in [2.45, 2.75) is 11.3 Å². The Kier molecular flexibility index (Phi) is 8.64. The van der Waals surface area contributed by atoms with Crippen molar-refractivity contribution in [3.63, 3.8) is 0 Å². The fraction of sp³-hybridized carbons (Fsp3) is 0.143. The number of hydrogen-bond donors (Lipinski definition) is 0. The molecule has 1 aliphatic heterocycles. The lowest BCUT2D eigenvalue weighted by Gasteiger charge is -2.30. The van der Waals surface area contributed by atoms with E-state index in [-0.39, 0.29) is 11.7 Å². The van der Waals surface area contributed by atoms with Gasteiger partial charge in [0.2, 0.25) is 5.91 Å². The minimum Gasteiger partial charge on any atom is -0.334 e. The molecule has 0 saturated carbocycles. The third kappa shape index (κ3) is 6.56. The van der Waals surface area contributed by atoms with Crippen LogP contribution in [0, 0.1) is 0 Å². The van der Waals surface area contributed by atoms with E-state index in [1.807, 2.05) is 66.7 Å². The van der Waals surface area contributed by atoms with Crippen LogP contribution in [0.1, 0.15) is 12.0 Å². The maximum atomic E-state index is 13.2. The molecule has 0 atom stereocenters. The van der Waals surface area contributed by atoms with Crippen LogP contribution >= 0.6 is 11.8 Å². The van der Waals surface area contributed by atoms with Gasteiger partial charge in [-0.1, -0.05) is 79.9 Å². The molecule has 1 fully saturated rings. The molecule has 4 heteroatoms. The van der Waals surface area contributed by atoms with Crippen molar-refractivity contribution in [3.05, 3.63) is 120 Å². The maximum Gasteiger partial charge on any atom is 0.224 e. The van der Waals surface area contributed by atoms with E-state index in [1.165, 1.54) is 0 Å². The third-order valence-corrected chi connectivity index (χ3v) is 6.03. The Morgan fingerprint density at radius 1 is 0.969 bits per heavy atom. The van der Waals surface area contributed by atoms with Gasteiger partial charge in [-0.25, -0.2) is 0 Å². The van der Waals surface area contributed by atoms with Crippen LogP contribution in [-0.2, 0) is 9.59 Å². The molecule has 3 rings (SSSR count). The summed E-state index contributed by atoms with van der Waals surface area (Å²) in [6.45, 7) is 8.13. The van der Waals surface area contributed by atoms with E-state index in [1.54, 1.807) is 41.0 Å². The number of thioether (sulfide) groups is 1. The van der Waals surface area contributed by atoms with Crippen LogP contribution in [0.5, 0.6) is 0 Å². The summed E-state index contributed by atoms with van der Waals surface area (Å²) < 4.78 is 0. The molecule has 0 bridgehead atoms. The van der Waals surface area contributed by atoms with Crippen molar-refractivity contribution in [3.8, 4) is 0 Å². The molecule has 1 amide bonds. The summed E-state index contributed by atoms with van der Waals surface area (Å²) in [6.07, 6.45) is 9.22. The first-order chi connectivity index (χ1) is 15.6. The van der Waals surface area contributed by atoms with Gasteiger partial charge in [-0.2, -0.15) is 0 Å². The van der Waals surface area contributed by atoms with E-state index in [0.717, 1.165) is 16.0 Å². The van der Waals surface area contributed by atoms with Gasteiger partial charge in [-0.3, -0.25) is 9.59 Å². The fourth-order valence-electron chi connectivity index (χ4n) is 3.41. The first-order valence-electron chi connectivity index (χ1n) is 10.5. The standard InChI is InChI=1S/C28H27NO2S/c1-3-11-22(4-2)18-24-20-29(27(30)16-17-32-26-14-9-6-10-15-26)21-25(28(24)31)19-23-12-7-5-8-13-23/h3-15,18-19H,1-2,16-17,20-21H2/b22-11+,24-18+,25-19+. The zero-order chi connectivity index (χ0) is 22.8. The van der Waals surface area contributed by atoms with Crippen molar-refractivity contribution < 1.29 is 9.59 Å². The van der Waals surface area contributed by atoms with Gasteiger partial charge in [0, 0.05) is 41.3 Å². The molecule has 0 unspecified atom stereocenters. The molecule has 2 aromatic rings. The van der Waals surface area contributed by atoms with Crippen LogP contribution in [0.4, 0.5) is 0 Å². The smallest absolute Gasteiger partial charge is 0.224 e. The first-order valence-corrected chi connectivity index (χ1v) is 11.5. The lowest BCUT2D eigenvalue weighted by Crippen LogP contribution is -2.41. The molecule has 1 saturated heterocycles. The highest BCUT2D eigenvalue weighted by molar-refractivity contribution is 7.99. The Bertz CT molecular complexity index is 1070. The zero-order valence-corrected chi connectivity index (χ0v) is 18.9. The van der Waals surface area contributed by atoms with Crippen molar-refractivity contribution in [2.75, 3.05) is 18.8 Å². The van der Waals surface area contributed by atoms with Gasteiger partial charge in [0.05, 0.1) is 0 Å². The average Bonchev–Trinajstić information content (AvgIpc) is 2.82. The molecule has 0 radical (unpaired) electrons. The second-order valence-electron chi connectivity index (χ2n) is 7.35. The van der Waals surface area contributed by atoms with E-state index in [4.69, 9.17) is 0 Å². The van der Waals surface area contributed by atoms with Crippen LogP contribution < -0.4 is 0 Å². The average molecular weight is 442 g/mol. The van der Waals surface area contributed by atoms with Crippen molar-refractivity contribution in [1.29, 1.82) is 0 Å². The van der Waals surface area contributed by atoms with Crippen molar-refractivity contribution in [1.82, 2.24) is 4.90 Å². The Morgan fingerprint density at radius 3 is 2.28 bits per heavy atom. The normalized spacial score (nSPS) is 16.9. The first kappa shape index (κ1) is 23.3. The van der Waals surface area contributed by atoms with Gasteiger partial charge in [-0.05, 0) is 35.4 Å². The molecule has 1 aliphatic rings. The van der Waals surface area contributed by atoms with Gasteiger partial charge < -0.3 is 4.90 Å². The number of likely N-dealkylation sites (tertiary alicyclic amines) is 1. The van der Waals surface area contributed by atoms with Crippen molar-refractivity contribution >= 4 is 29.5 Å². The van der Waals surface area contributed by atoms with Crippen LogP contribution in [-0.4, -0.2) is 35.4 Å². The van der Waals surface area contributed by atoms with Gasteiger partial charge in [0.25, 0.3) is 0 Å². The predicted molar refractivity (Wildman–Crippen MR) is 134 cm³/mol. The number of hydrogen-bond acceptors (Lipinski definition) is 3. The summed E-state index contributed by atoms with van der Waals surface area (Å²) in [6, 6.07) is 19.8. The zero-order valence-electron chi connectivity index (χ0n) is 18.1. The summed E-state index contributed by atoms with van der Waals surface area (Å²) in [5.41, 5.74) is 2.92. The molecule has 0 aliphatic carbocycles. The fourth-order valence-corrected chi connectivity index (χ4v) is 4.27. The summed E-state index contributed by atoms with van der Waals surface area (Å²) >= 11 is 1.66. The van der Waals surface area contributed by atoms with Crippen LogP contribution in [0.15, 0.2) is 120 Å². The van der Waals surface area contributed by atoms with E-state index in [2.05, 4.69) is 13.2 Å². The number of Topliss-reactive ketones (excluding diaryl/α,β-unsaturated/α-hetero) is 1. The molecular formula is C28H27NO2S. The topological polar surface area (TPSA) is 37.4 Å². The minimum atomic E-state index is -0.0339. The lowest BCUT2D eigenvalue weighted by atomic mass is 9.94. The number of ketones is 1. The quantitative estimate of drug-likeness (QED) is 0.291. The number of carbonyl (C=O) groups excluding carboxylic acids is 2. The molecule has 0 N–H and O–H groups in total. The molecule has 3 nitrogen and oxygen atoms in total. The van der Waals surface area contributed by atoms with Gasteiger partial charge in [-0.15, -0.1) is 11.8 Å². The Balaban J connectivity index is 1.80. The highest BCUT2D eigenvalue weighted by Crippen LogP contribution is 2.24. The van der Waals surface area contributed by atoms with Crippen LogP contribution in [0.3, 0.4) is 0 Å². The molecular weight excluding hydrogens is 414 g/mol. The van der Waals surface area contributed by atoms with Crippen molar-refractivity contribution in [2.24, 2.45) is 0 Å². The highest BCUT2D eigenvalue weighted by atomic mass is 32.2. The molecule has 2 aromatic carbocycles. The van der Waals surface area contributed by atoms with Gasteiger partial charge in [0.15, 0.2) is 5.78 Å². The number of carbonyl (C=O) groups is 2. The molecule has 32 heavy (non-hydrogen) atoms. The molecule has 0 spiro atoms. The number of nitrogens with zero attached hydrogens (tertiary/aromatic N) is 1. The van der Waals surface area contributed by atoms with Crippen LogP contribution in [0.25, 0.3) is 6.08 Å². The summed E-state index contributed by atoms with van der Waals surface area (Å²) in [4.78, 5) is 29.1. The molecule has 162 valence electrons. The minimum absolute atomic E-state index is 0.0339. The third-order valence-electron chi connectivity index (χ3n) is 5.01. The maximum absolute atomic E-state index is 13.2. The second kappa shape index (κ2) is 11.9. The lowest BCUT2D eigenvalue weighted by molar-refractivity contribution is -0.130. The number of benzene rings is 2. The summed E-state index contributed by atoms with van der Waals surface area (Å²) in [7, 11) is 0. The summed E-state index contributed by atoms with van der Waals surface area (Å²) in [5, 5.41) is 0. The second-order valence-corrected chi connectivity index (χ2v) is 8.52. The van der Waals surface area contributed by atoms with E-state index in [9.17, 15) is 9.59 Å². The predicted octanol–water partition coefficient (Wildman–Crippen LogP) is 5.89. The number of allylic oxidation sites excluding steroid dienone is 5. The molecule has 0 aromatic heterocycles. The number of amides is 1. The molecule has 1 heterocycles. The highest BCUT2D eigenvalue weighted by Gasteiger charge is 2.28. The Hall–Kier alpha value is -3.37. The summed E-state index contributed by atoms with van der Waals surface area (Å²) in [5.74, 6) is 0.699. The van der Waals surface area contributed by atoms with Crippen LogP contribution in [0.2, 0.25) is 0 Å². The van der Waals surface area contributed by atoms with E-state index in [0.29, 0.717) is 36.4 Å². The Labute approximate surface area is 194 Å². The van der Waals surface area contributed by atoms with Gasteiger partial charge in [0.1, 0.15) is 0 Å². The number of piperidine rings is 1. The number of rotatable bonds is 8. The largest absolute Gasteiger partial charge is 0.334 e. The van der Waals surface area contributed by atoms with Gasteiger partial charge >= 0.3 is 0 Å². The monoisotopic (exact) mass is 441 g/mol. The Morgan fingerprint density at radius 2 is 1.62 bits per heavy atom.